The van der Waals surface area contributed by atoms with Crippen LogP contribution in [0.15, 0.2) is 0 Å². The molecular formula is C12H20ClNO2. The maximum Gasteiger partial charge on any atom is 0.311 e. The summed E-state index contributed by atoms with van der Waals surface area (Å²) in [5.74, 6) is -0.113. The van der Waals surface area contributed by atoms with E-state index in [9.17, 15) is 4.79 Å². The maximum absolute atomic E-state index is 11.8. The normalized spacial score (nSPS) is 38.5. The molecule has 16 heavy (non-hydrogen) atoms. The molecule has 2 saturated heterocycles. The Labute approximate surface area is 102 Å². The Hall–Kier alpha value is -0.280. The van der Waals surface area contributed by atoms with Gasteiger partial charge in [-0.3, -0.25) is 4.79 Å². The SMILES string of the molecule is CC(C)(C)C(=O)OC1CC2CC(Cl)CC1N2. The highest BCUT2D eigenvalue weighted by Crippen LogP contribution is 2.33. The Morgan fingerprint density at radius 1 is 1.31 bits per heavy atom. The Kier molecular flexibility index (Phi) is 3.19. The van der Waals surface area contributed by atoms with Crippen LogP contribution in [-0.4, -0.2) is 29.5 Å². The van der Waals surface area contributed by atoms with Crippen LogP contribution in [0.2, 0.25) is 0 Å². The molecule has 2 aliphatic rings. The molecule has 2 rings (SSSR count). The molecular weight excluding hydrogens is 226 g/mol. The van der Waals surface area contributed by atoms with Crippen molar-refractivity contribution in [2.75, 3.05) is 0 Å². The van der Waals surface area contributed by atoms with Crippen LogP contribution in [0.25, 0.3) is 0 Å². The third-order valence-corrected chi connectivity index (χ3v) is 3.69. The van der Waals surface area contributed by atoms with Crippen molar-refractivity contribution in [2.24, 2.45) is 5.41 Å². The van der Waals surface area contributed by atoms with E-state index in [0.29, 0.717) is 6.04 Å². The number of hydrogen-bond donors (Lipinski definition) is 1. The number of nitrogens with one attached hydrogen (secondary N) is 1. The fourth-order valence-corrected chi connectivity index (χ4v) is 2.84. The van der Waals surface area contributed by atoms with Crippen molar-refractivity contribution in [3.63, 3.8) is 0 Å². The molecule has 2 fully saturated rings. The molecule has 0 spiro atoms. The molecule has 0 aromatic rings. The number of hydrogen-bond acceptors (Lipinski definition) is 3. The third-order valence-electron chi connectivity index (χ3n) is 3.34. The number of ether oxygens (including phenoxy) is 1. The summed E-state index contributed by atoms with van der Waals surface area (Å²) in [6.45, 7) is 5.65. The molecule has 1 N–H and O–H groups in total. The number of piperidine rings is 1. The van der Waals surface area contributed by atoms with E-state index in [2.05, 4.69) is 5.32 Å². The Morgan fingerprint density at radius 2 is 2.00 bits per heavy atom. The summed E-state index contributed by atoms with van der Waals surface area (Å²) < 4.78 is 5.58. The fourth-order valence-electron chi connectivity index (χ4n) is 2.43. The first-order chi connectivity index (χ1) is 7.36. The smallest absolute Gasteiger partial charge is 0.311 e. The zero-order valence-electron chi connectivity index (χ0n) is 10.1. The van der Waals surface area contributed by atoms with Crippen LogP contribution in [0.4, 0.5) is 0 Å². The first-order valence-corrected chi connectivity index (χ1v) is 6.41. The molecule has 0 saturated carbocycles. The van der Waals surface area contributed by atoms with Crippen molar-refractivity contribution in [1.29, 1.82) is 0 Å². The lowest BCUT2D eigenvalue weighted by atomic mass is 9.97. The molecule has 0 aliphatic carbocycles. The van der Waals surface area contributed by atoms with Gasteiger partial charge in [-0.25, -0.2) is 0 Å². The number of carbonyl (C=O) groups is 1. The van der Waals surface area contributed by atoms with Gasteiger partial charge in [0, 0.05) is 23.9 Å². The highest BCUT2D eigenvalue weighted by molar-refractivity contribution is 6.20. The minimum absolute atomic E-state index is 0.0143. The number of carbonyl (C=O) groups excluding carboxylic acids is 1. The summed E-state index contributed by atoms with van der Waals surface area (Å²) in [6.07, 6.45) is 2.82. The average molecular weight is 246 g/mol. The van der Waals surface area contributed by atoms with Crippen molar-refractivity contribution < 1.29 is 9.53 Å². The van der Waals surface area contributed by atoms with Crippen LogP contribution in [0, 0.1) is 5.41 Å². The average Bonchev–Trinajstić information content (AvgIpc) is 2.40. The lowest BCUT2D eigenvalue weighted by molar-refractivity contribution is -0.159. The molecule has 4 atom stereocenters. The van der Waals surface area contributed by atoms with Crippen molar-refractivity contribution in [2.45, 2.75) is 63.6 Å². The van der Waals surface area contributed by atoms with Crippen molar-refractivity contribution >= 4 is 17.6 Å². The van der Waals surface area contributed by atoms with Crippen LogP contribution in [-0.2, 0) is 9.53 Å². The predicted octanol–water partition coefficient (Wildman–Crippen LogP) is 2.08. The zero-order chi connectivity index (χ0) is 11.9. The molecule has 0 radical (unpaired) electrons. The Balaban J connectivity index is 1.95. The van der Waals surface area contributed by atoms with Gasteiger partial charge in [0.05, 0.1) is 5.41 Å². The van der Waals surface area contributed by atoms with Crippen LogP contribution in [0.3, 0.4) is 0 Å². The minimum Gasteiger partial charge on any atom is -0.460 e. The predicted molar refractivity (Wildman–Crippen MR) is 63.5 cm³/mol. The van der Waals surface area contributed by atoms with E-state index < -0.39 is 5.41 Å². The van der Waals surface area contributed by atoms with Gasteiger partial charge < -0.3 is 10.1 Å². The van der Waals surface area contributed by atoms with Crippen LogP contribution < -0.4 is 5.32 Å². The molecule has 0 aromatic heterocycles. The first-order valence-electron chi connectivity index (χ1n) is 5.97. The Bertz CT molecular complexity index is 287. The summed E-state index contributed by atoms with van der Waals surface area (Å²) in [6, 6.07) is 0.687. The van der Waals surface area contributed by atoms with Crippen LogP contribution >= 0.6 is 11.6 Å². The largest absolute Gasteiger partial charge is 0.460 e. The van der Waals surface area contributed by atoms with Gasteiger partial charge in [0.2, 0.25) is 0 Å². The second-order valence-corrected chi connectivity index (χ2v) is 6.59. The molecule has 4 unspecified atom stereocenters. The van der Waals surface area contributed by atoms with Crippen LogP contribution in [0.5, 0.6) is 0 Å². The van der Waals surface area contributed by atoms with Gasteiger partial charge in [0.1, 0.15) is 6.10 Å². The molecule has 2 bridgehead atoms. The van der Waals surface area contributed by atoms with Gasteiger partial charge in [-0.1, -0.05) is 0 Å². The molecule has 3 nitrogen and oxygen atoms in total. The second-order valence-electron chi connectivity index (χ2n) is 5.97. The summed E-state index contributed by atoms with van der Waals surface area (Å²) in [5.41, 5.74) is -0.420. The van der Waals surface area contributed by atoms with Crippen molar-refractivity contribution in [3.05, 3.63) is 0 Å². The summed E-state index contributed by atoms with van der Waals surface area (Å²) >= 11 is 6.16. The maximum atomic E-state index is 11.8. The van der Waals surface area contributed by atoms with Gasteiger partial charge in [-0.2, -0.15) is 0 Å². The lowest BCUT2D eigenvalue weighted by Crippen LogP contribution is -2.42. The van der Waals surface area contributed by atoms with Gasteiger partial charge >= 0.3 is 5.97 Å². The number of fused-ring (bicyclic) bond motifs is 2. The van der Waals surface area contributed by atoms with E-state index in [-0.39, 0.29) is 23.5 Å². The highest BCUT2D eigenvalue weighted by atomic mass is 35.5. The summed E-state index contributed by atoms with van der Waals surface area (Å²) in [5, 5.41) is 3.70. The van der Waals surface area contributed by atoms with E-state index in [1.54, 1.807) is 0 Å². The van der Waals surface area contributed by atoms with Crippen LogP contribution in [0.1, 0.15) is 40.0 Å². The van der Waals surface area contributed by atoms with Crippen molar-refractivity contribution in [3.8, 4) is 0 Å². The monoisotopic (exact) mass is 245 g/mol. The summed E-state index contributed by atoms with van der Waals surface area (Å²) in [4.78, 5) is 11.8. The molecule has 2 heterocycles. The molecule has 0 amide bonds. The first kappa shape index (κ1) is 12.2. The number of rotatable bonds is 1. The quantitative estimate of drug-likeness (QED) is 0.568. The molecule has 92 valence electrons. The topological polar surface area (TPSA) is 38.3 Å². The zero-order valence-corrected chi connectivity index (χ0v) is 10.9. The van der Waals surface area contributed by atoms with E-state index in [0.717, 1.165) is 19.3 Å². The number of esters is 1. The fraction of sp³-hybridized carbons (Fsp3) is 0.917. The molecule has 0 aromatic carbocycles. The number of halogens is 1. The van der Waals surface area contributed by atoms with E-state index in [1.807, 2.05) is 20.8 Å². The molecule has 4 heteroatoms. The lowest BCUT2D eigenvalue weighted by Gasteiger charge is -2.27. The Morgan fingerprint density at radius 3 is 2.62 bits per heavy atom. The second kappa shape index (κ2) is 4.19. The van der Waals surface area contributed by atoms with E-state index >= 15 is 0 Å². The van der Waals surface area contributed by atoms with Gasteiger partial charge in [-0.15, -0.1) is 11.6 Å². The van der Waals surface area contributed by atoms with Gasteiger partial charge in [0.25, 0.3) is 0 Å². The van der Waals surface area contributed by atoms with Gasteiger partial charge in [-0.05, 0) is 33.6 Å². The third kappa shape index (κ3) is 2.51. The highest BCUT2D eigenvalue weighted by Gasteiger charge is 2.42. The minimum atomic E-state index is -0.420. The molecule has 2 aliphatic heterocycles. The summed E-state index contributed by atoms with van der Waals surface area (Å²) in [7, 11) is 0. The van der Waals surface area contributed by atoms with E-state index in [4.69, 9.17) is 16.3 Å². The van der Waals surface area contributed by atoms with Crippen molar-refractivity contribution in [1.82, 2.24) is 5.32 Å². The number of alkyl halides is 1. The standard InChI is InChI=1S/C12H20ClNO2/c1-12(2,3)11(15)16-10-6-8-4-7(13)5-9(10)14-8/h7-10,14H,4-6H2,1-3H3. The van der Waals surface area contributed by atoms with E-state index in [1.165, 1.54) is 0 Å². The van der Waals surface area contributed by atoms with Gasteiger partial charge in [0.15, 0.2) is 0 Å².